The Kier molecular flexibility index (Phi) is 8.08. The molecule has 0 amide bonds. The number of ether oxygens (including phenoxy) is 6. The van der Waals surface area contributed by atoms with Gasteiger partial charge < -0.3 is 28.4 Å². The molecule has 1 aliphatic heterocycles. The van der Waals surface area contributed by atoms with E-state index in [1.54, 1.807) is 18.2 Å². The zero-order valence-corrected chi connectivity index (χ0v) is 17.3. The second kappa shape index (κ2) is 10.5. The van der Waals surface area contributed by atoms with E-state index in [9.17, 15) is 24.0 Å². The fourth-order valence-corrected chi connectivity index (χ4v) is 2.92. The van der Waals surface area contributed by atoms with Gasteiger partial charge in [-0.25, -0.2) is 9.59 Å². The summed E-state index contributed by atoms with van der Waals surface area (Å²) in [5, 5.41) is 0. The van der Waals surface area contributed by atoms with E-state index in [4.69, 9.17) is 23.7 Å². The van der Waals surface area contributed by atoms with Crippen LogP contribution in [0.4, 0.5) is 0 Å². The Morgan fingerprint density at radius 2 is 1.26 bits per heavy atom. The number of hydrogen-bond acceptors (Lipinski definition) is 11. The molecule has 0 aromatic heterocycles. The monoisotopic (exact) mass is 438 g/mol. The molecule has 0 spiro atoms. The molecule has 1 aromatic carbocycles. The second-order valence-electron chi connectivity index (χ2n) is 6.44. The third-order valence-electron chi connectivity index (χ3n) is 4.07. The van der Waals surface area contributed by atoms with E-state index in [0.717, 1.165) is 27.9 Å². The van der Waals surface area contributed by atoms with Crippen molar-refractivity contribution < 1.29 is 52.4 Å². The van der Waals surface area contributed by atoms with E-state index < -0.39 is 60.6 Å². The number of carbonyl (C=O) groups excluding carboxylic acids is 5. The van der Waals surface area contributed by atoms with Crippen molar-refractivity contribution in [3.05, 3.63) is 35.9 Å². The molecule has 0 saturated carbocycles. The van der Waals surface area contributed by atoms with Gasteiger partial charge in [-0.05, 0) is 12.1 Å². The molecule has 168 valence electrons. The molecule has 1 heterocycles. The molecule has 1 saturated heterocycles. The van der Waals surface area contributed by atoms with Gasteiger partial charge in [-0.2, -0.15) is 0 Å². The van der Waals surface area contributed by atoms with Crippen LogP contribution in [-0.2, 0) is 47.6 Å². The third-order valence-corrected chi connectivity index (χ3v) is 4.07. The van der Waals surface area contributed by atoms with Gasteiger partial charge in [0.2, 0.25) is 12.4 Å². The summed E-state index contributed by atoms with van der Waals surface area (Å²) < 4.78 is 30.9. The van der Waals surface area contributed by atoms with Crippen molar-refractivity contribution in [3.63, 3.8) is 0 Å². The summed E-state index contributed by atoms with van der Waals surface area (Å²) in [5.74, 6) is -4.35. The van der Waals surface area contributed by atoms with Crippen LogP contribution in [0.5, 0.6) is 0 Å². The van der Waals surface area contributed by atoms with Gasteiger partial charge in [0.25, 0.3) is 0 Å². The Hall–Kier alpha value is -3.47. The molecule has 1 aromatic rings. The average molecular weight is 438 g/mol. The number of carbonyl (C=O) groups is 5. The van der Waals surface area contributed by atoms with Crippen LogP contribution in [0.3, 0.4) is 0 Å². The van der Waals surface area contributed by atoms with Crippen LogP contribution >= 0.6 is 0 Å². The molecule has 1 aliphatic rings. The highest BCUT2D eigenvalue weighted by Gasteiger charge is 2.56. The summed E-state index contributed by atoms with van der Waals surface area (Å²) in [6.07, 6.45) is -7.93. The van der Waals surface area contributed by atoms with Crippen LogP contribution in [0.1, 0.15) is 31.1 Å². The molecule has 0 bridgehead atoms. The van der Waals surface area contributed by atoms with Gasteiger partial charge in [0.05, 0.1) is 12.7 Å². The third kappa shape index (κ3) is 6.25. The van der Waals surface area contributed by atoms with Crippen molar-refractivity contribution in [2.45, 2.75) is 51.5 Å². The molecule has 0 N–H and O–H groups in total. The molecule has 11 heteroatoms. The topological polar surface area (TPSA) is 141 Å². The summed E-state index contributed by atoms with van der Waals surface area (Å²) >= 11 is 0. The van der Waals surface area contributed by atoms with E-state index >= 15 is 0 Å². The van der Waals surface area contributed by atoms with Gasteiger partial charge in [0, 0.05) is 20.8 Å². The van der Waals surface area contributed by atoms with Crippen molar-refractivity contribution in [1.82, 2.24) is 0 Å². The summed E-state index contributed by atoms with van der Waals surface area (Å²) in [7, 11) is 1.06. The predicted molar refractivity (Wildman–Crippen MR) is 99.2 cm³/mol. The SMILES string of the molecule is COC(=O)C1OC(OC(=O)c2ccccc2)C(OC(C)=O)C(OC(C)=O)C1OC(C)=O. The highest BCUT2D eigenvalue weighted by Crippen LogP contribution is 2.30. The molecule has 5 unspecified atom stereocenters. The van der Waals surface area contributed by atoms with Gasteiger partial charge in [-0.1, -0.05) is 18.2 Å². The maximum Gasteiger partial charge on any atom is 0.340 e. The summed E-state index contributed by atoms with van der Waals surface area (Å²) in [5.41, 5.74) is 0.147. The van der Waals surface area contributed by atoms with Crippen LogP contribution < -0.4 is 0 Å². The minimum absolute atomic E-state index is 0.147. The van der Waals surface area contributed by atoms with Crippen LogP contribution in [0.2, 0.25) is 0 Å². The lowest BCUT2D eigenvalue weighted by Crippen LogP contribution is -2.64. The van der Waals surface area contributed by atoms with Gasteiger partial charge in [-0.3, -0.25) is 14.4 Å². The zero-order chi connectivity index (χ0) is 23.1. The lowest BCUT2D eigenvalue weighted by Gasteiger charge is -2.42. The van der Waals surface area contributed by atoms with Crippen molar-refractivity contribution in [3.8, 4) is 0 Å². The standard InChI is InChI=1S/C20H22O11/c1-10(21)27-14-15(28-11(2)22)17(29-12(3)23)20(30-16(14)19(25)26-4)31-18(24)13-8-6-5-7-9-13/h5-9,14-17,20H,1-4H3. The highest BCUT2D eigenvalue weighted by molar-refractivity contribution is 5.89. The molecule has 5 atom stereocenters. The first-order chi connectivity index (χ1) is 14.6. The summed E-state index contributed by atoms with van der Waals surface area (Å²) in [4.78, 5) is 59.8. The first-order valence-electron chi connectivity index (χ1n) is 9.15. The first-order valence-corrected chi connectivity index (χ1v) is 9.15. The number of hydrogen-bond donors (Lipinski definition) is 0. The smallest absolute Gasteiger partial charge is 0.340 e. The Bertz CT molecular complexity index is 835. The molecule has 0 radical (unpaired) electrons. The Balaban J connectivity index is 2.46. The maximum absolute atomic E-state index is 12.5. The van der Waals surface area contributed by atoms with Gasteiger partial charge >= 0.3 is 29.8 Å². The van der Waals surface area contributed by atoms with Crippen LogP contribution in [0, 0.1) is 0 Å². The molecule has 0 aliphatic carbocycles. The van der Waals surface area contributed by atoms with Crippen molar-refractivity contribution in [2.24, 2.45) is 0 Å². The van der Waals surface area contributed by atoms with Crippen LogP contribution in [0.25, 0.3) is 0 Å². The second-order valence-corrected chi connectivity index (χ2v) is 6.44. The highest BCUT2D eigenvalue weighted by atomic mass is 16.7. The van der Waals surface area contributed by atoms with E-state index in [0.29, 0.717) is 0 Å². The van der Waals surface area contributed by atoms with Gasteiger partial charge in [0.15, 0.2) is 18.3 Å². The average Bonchev–Trinajstić information content (AvgIpc) is 2.71. The predicted octanol–water partition coefficient (Wildman–Crippen LogP) is 0.536. The lowest BCUT2D eigenvalue weighted by molar-refractivity contribution is -0.288. The quantitative estimate of drug-likeness (QED) is 0.454. The largest absolute Gasteiger partial charge is 0.467 e. The zero-order valence-electron chi connectivity index (χ0n) is 17.3. The van der Waals surface area contributed by atoms with Crippen molar-refractivity contribution >= 4 is 29.8 Å². The summed E-state index contributed by atoms with van der Waals surface area (Å²) in [6, 6.07) is 7.81. The minimum Gasteiger partial charge on any atom is -0.467 e. The van der Waals surface area contributed by atoms with Gasteiger partial charge in [-0.15, -0.1) is 0 Å². The minimum atomic E-state index is -1.68. The number of benzene rings is 1. The maximum atomic E-state index is 12.5. The van der Waals surface area contributed by atoms with Crippen molar-refractivity contribution in [1.29, 1.82) is 0 Å². The van der Waals surface area contributed by atoms with E-state index in [-0.39, 0.29) is 5.56 Å². The normalized spacial score (nSPS) is 25.0. The van der Waals surface area contributed by atoms with E-state index in [1.807, 2.05) is 0 Å². The fourth-order valence-electron chi connectivity index (χ4n) is 2.92. The Labute approximate surface area is 177 Å². The summed E-state index contributed by atoms with van der Waals surface area (Å²) in [6.45, 7) is 3.18. The molecule has 11 nitrogen and oxygen atoms in total. The number of esters is 5. The lowest BCUT2D eigenvalue weighted by atomic mass is 9.97. The number of rotatable bonds is 6. The fraction of sp³-hybridized carbons (Fsp3) is 0.450. The molecule has 2 rings (SSSR count). The molecular weight excluding hydrogens is 416 g/mol. The number of methoxy groups -OCH3 is 1. The Morgan fingerprint density at radius 1 is 0.742 bits per heavy atom. The van der Waals surface area contributed by atoms with Crippen LogP contribution in [0.15, 0.2) is 30.3 Å². The Morgan fingerprint density at radius 3 is 1.77 bits per heavy atom. The first kappa shape index (κ1) is 23.8. The van der Waals surface area contributed by atoms with E-state index in [2.05, 4.69) is 4.74 Å². The van der Waals surface area contributed by atoms with E-state index in [1.165, 1.54) is 12.1 Å². The molecule has 1 fully saturated rings. The van der Waals surface area contributed by atoms with Crippen LogP contribution in [-0.4, -0.2) is 67.7 Å². The van der Waals surface area contributed by atoms with Crippen molar-refractivity contribution in [2.75, 3.05) is 7.11 Å². The molecule has 31 heavy (non-hydrogen) atoms. The molecular formula is C20H22O11. The van der Waals surface area contributed by atoms with Gasteiger partial charge in [0.1, 0.15) is 0 Å².